The molecule has 0 aromatic heterocycles. The Morgan fingerprint density at radius 2 is 2.00 bits per heavy atom. The minimum absolute atomic E-state index is 0.166. The van der Waals surface area contributed by atoms with Crippen molar-refractivity contribution in [1.82, 2.24) is 4.90 Å². The van der Waals surface area contributed by atoms with E-state index >= 15 is 0 Å². The second-order valence-electron chi connectivity index (χ2n) is 7.06. The van der Waals surface area contributed by atoms with E-state index in [0.29, 0.717) is 10.4 Å². The first-order valence-corrected chi connectivity index (χ1v) is 7.94. The van der Waals surface area contributed by atoms with Crippen LogP contribution in [0, 0.1) is 11.3 Å². The van der Waals surface area contributed by atoms with Crippen LogP contribution in [0.1, 0.15) is 45.6 Å². The van der Waals surface area contributed by atoms with Gasteiger partial charge < -0.3 is 5.11 Å². The van der Waals surface area contributed by atoms with E-state index in [1.165, 1.54) is 24.8 Å². The van der Waals surface area contributed by atoms with Crippen LogP contribution in [0.4, 0.5) is 0 Å². The summed E-state index contributed by atoms with van der Waals surface area (Å²) in [4.78, 5) is 2.51. The molecule has 1 aromatic rings. The van der Waals surface area contributed by atoms with Crippen LogP contribution in [0.2, 0.25) is 5.02 Å². The van der Waals surface area contributed by atoms with Crippen LogP contribution >= 0.6 is 11.6 Å². The highest BCUT2D eigenvalue weighted by Gasteiger charge is 2.26. The summed E-state index contributed by atoms with van der Waals surface area (Å²) < 4.78 is 0. The lowest BCUT2D eigenvalue weighted by Gasteiger charge is -2.29. The van der Waals surface area contributed by atoms with E-state index in [1.807, 2.05) is 12.1 Å². The minimum atomic E-state index is 0.166. The van der Waals surface area contributed by atoms with E-state index in [-0.39, 0.29) is 5.75 Å². The van der Waals surface area contributed by atoms with Crippen molar-refractivity contribution < 1.29 is 5.11 Å². The molecule has 1 aromatic carbocycles. The van der Waals surface area contributed by atoms with E-state index in [9.17, 15) is 5.11 Å². The average molecular weight is 296 g/mol. The summed E-state index contributed by atoms with van der Waals surface area (Å²) >= 11 is 5.98. The number of halogens is 1. The van der Waals surface area contributed by atoms with Gasteiger partial charge in [-0.15, -0.1) is 0 Å². The zero-order valence-corrected chi connectivity index (χ0v) is 13.6. The molecule has 1 atom stereocenters. The van der Waals surface area contributed by atoms with Gasteiger partial charge in [0, 0.05) is 6.54 Å². The zero-order chi connectivity index (χ0) is 14.8. The fourth-order valence-electron chi connectivity index (χ4n) is 3.09. The molecule has 2 rings (SSSR count). The summed E-state index contributed by atoms with van der Waals surface area (Å²) in [5.41, 5.74) is 1.60. The van der Waals surface area contributed by atoms with Crippen LogP contribution in [0.3, 0.4) is 0 Å². The molecular weight excluding hydrogens is 270 g/mol. The van der Waals surface area contributed by atoms with Crippen LogP contribution in [0.15, 0.2) is 18.2 Å². The van der Waals surface area contributed by atoms with Crippen LogP contribution in [-0.2, 0) is 6.54 Å². The topological polar surface area (TPSA) is 23.5 Å². The fraction of sp³-hybridized carbons (Fsp3) is 0.647. The molecule has 1 aliphatic rings. The molecule has 2 nitrogen and oxygen atoms in total. The molecule has 0 spiro atoms. The van der Waals surface area contributed by atoms with Crippen molar-refractivity contribution in [3.8, 4) is 5.75 Å². The highest BCUT2D eigenvalue weighted by molar-refractivity contribution is 6.32. The molecule has 0 amide bonds. The highest BCUT2D eigenvalue weighted by atomic mass is 35.5. The number of benzene rings is 1. The van der Waals surface area contributed by atoms with E-state index in [0.717, 1.165) is 25.6 Å². The van der Waals surface area contributed by atoms with Gasteiger partial charge in [0.1, 0.15) is 5.75 Å². The largest absolute Gasteiger partial charge is 0.506 e. The summed E-state index contributed by atoms with van der Waals surface area (Å²) in [5.74, 6) is 0.981. The van der Waals surface area contributed by atoms with Gasteiger partial charge in [0.05, 0.1) is 5.02 Å². The fourth-order valence-corrected chi connectivity index (χ4v) is 3.29. The lowest BCUT2D eigenvalue weighted by Crippen LogP contribution is -2.26. The van der Waals surface area contributed by atoms with Crippen molar-refractivity contribution >= 4 is 11.6 Å². The maximum atomic E-state index is 9.47. The summed E-state index contributed by atoms with van der Waals surface area (Å²) in [7, 11) is 0. The Kier molecular flexibility index (Phi) is 4.98. The second-order valence-corrected chi connectivity index (χ2v) is 7.46. The molecule has 0 bridgehead atoms. The molecule has 0 aliphatic carbocycles. The minimum Gasteiger partial charge on any atom is -0.506 e. The predicted molar refractivity (Wildman–Crippen MR) is 85.2 cm³/mol. The number of aromatic hydroxyl groups is 1. The van der Waals surface area contributed by atoms with Gasteiger partial charge in [-0.05, 0) is 61.4 Å². The van der Waals surface area contributed by atoms with Gasteiger partial charge in [-0.2, -0.15) is 0 Å². The quantitative estimate of drug-likeness (QED) is 0.855. The van der Waals surface area contributed by atoms with Crippen molar-refractivity contribution in [3.05, 3.63) is 28.8 Å². The summed E-state index contributed by atoms with van der Waals surface area (Å²) in [6, 6.07) is 5.53. The first-order valence-electron chi connectivity index (χ1n) is 7.56. The number of phenols is 1. The maximum Gasteiger partial charge on any atom is 0.134 e. The monoisotopic (exact) mass is 295 g/mol. The third kappa shape index (κ3) is 4.13. The van der Waals surface area contributed by atoms with Gasteiger partial charge in [-0.1, -0.05) is 38.4 Å². The number of likely N-dealkylation sites (tertiary alicyclic amines) is 1. The van der Waals surface area contributed by atoms with Crippen molar-refractivity contribution in [1.29, 1.82) is 0 Å². The molecule has 1 N–H and O–H groups in total. The van der Waals surface area contributed by atoms with Crippen molar-refractivity contribution in [3.63, 3.8) is 0 Å². The van der Waals surface area contributed by atoms with Gasteiger partial charge in [-0.25, -0.2) is 0 Å². The smallest absolute Gasteiger partial charge is 0.134 e. The summed E-state index contributed by atoms with van der Waals surface area (Å²) in [6.07, 6.45) is 3.87. The van der Waals surface area contributed by atoms with Gasteiger partial charge >= 0.3 is 0 Å². The van der Waals surface area contributed by atoms with Gasteiger partial charge in [0.15, 0.2) is 0 Å². The Morgan fingerprint density at radius 3 is 2.65 bits per heavy atom. The van der Waals surface area contributed by atoms with Crippen LogP contribution in [0.25, 0.3) is 0 Å². The highest BCUT2D eigenvalue weighted by Crippen LogP contribution is 2.34. The lowest BCUT2D eigenvalue weighted by molar-refractivity contribution is 0.206. The third-order valence-electron chi connectivity index (χ3n) is 4.46. The number of hydrogen-bond donors (Lipinski definition) is 1. The van der Waals surface area contributed by atoms with Crippen molar-refractivity contribution in [2.75, 3.05) is 13.1 Å². The lowest BCUT2D eigenvalue weighted by atomic mass is 9.77. The molecule has 112 valence electrons. The van der Waals surface area contributed by atoms with E-state index < -0.39 is 0 Å². The van der Waals surface area contributed by atoms with Crippen molar-refractivity contribution in [2.24, 2.45) is 11.3 Å². The Balaban J connectivity index is 1.95. The summed E-state index contributed by atoms with van der Waals surface area (Å²) in [6.45, 7) is 10.3. The predicted octanol–water partition coefficient (Wildman–Crippen LogP) is 4.69. The standard InChI is InChI=1S/C17H26ClNO/c1-17(2,3)14-5-4-9-19(10-8-14)12-13-6-7-16(20)15(18)11-13/h6-7,11,14,20H,4-5,8-10,12H2,1-3H3. The number of phenolic OH excluding ortho intramolecular Hbond substituents is 1. The number of hydrogen-bond acceptors (Lipinski definition) is 2. The average Bonchev–Trinajstić information content (AvgIpc) is 2.59. The van der Waals surface area contributed by atoms with Crippen LogP contribution in [-0.4, -0.2) is 23.1 Å². The first-order chi connectivity index (χ1) is 9.36. The molecule has 0 saturated carbocycles. The molecule has 1 fully saturated rings. The zero-order valence-electron chi connectivity index (χ0n) is 12.8. The Hall–Kier alpha value is -0.730. The van der Waals surface area contributed by atoms with Crippen LogP contribution < -0.4 is 0 Å². The molecule has 1 unspecified atom stereocenters. The SMILES string of the molecule is CC(C)(C)C1CCCN(Cc2ccc(O)c(Cl)c2)CC1. The van der Waals surface area contributed by atoms with Gasteiger partial charge in [0.2, 0.25) is 0 Å². The van der Waals surface area contributed by atoms with E-state index in [1.54, 1.807) is 6.07 Å². The van der Waals surface area contributed by atoms with E-state index in [4.69, 9.17) is 11.6 Å². The summed E-state index contributed by atoms with van der Waals surface area (Å²) in [5, 5.41) is 9.92. The first kappa shape index (κ1) is 15.7. The molecule has 20 heavy (non-hydrogen) atoms. The normalized spacial score (nSPS) is 21.7. The molecule has 0 radical (unpaired) electrons. The Labute approximate surface area is 127 Å². The van der Waals surface area contributed by atoms with Crippen molar-refractivity contribution in [2.45, 2.75) is 46.6 Å². The second kappa shape index (κ2) is 6.36. The van der Waals surface area contributed by atoms with Crippen LogP contribution in [0.5, 0.6) is 5.75 Å². The van der Waals surface area contributed by atoms with Gasteiger partial charge in [-0.3, -0.25) is 4.90 Å². The Bertz CT molecular complexity index is 453. The van der Waals surface area contributed by atoms with E-state index in [2.05, 4.69) is 25.7 Å². The Morgan fingerprint density at radius 1 is 1.25 bits per heavy atom. The van der Waals surface area contributed by atoms with Gasteiger partial charge in [0.25, 0.3) is 0 Å². The molecule has 3 heteroatoms. The number of rotatable bonds is 2. The molecule has 1 aliphatic heterocycles. The third-order valence-corrected chi connectivity index (χ3v) is 4.77. The number of nitrogens with zero attached hydrogens (tertiary/aromatic N) is 1. The molecule has 1 heterocycles. The molecule has 1 saturated heterocycles. The maximum absolute atomic E-state index is 9.47. The molecular formula is C17H26ClNO.